The van der Waals surface area contributed by atoms with Crippen LogP contribution in [-0.4, -0.2) is 20.8 Å². The lowest BCUT2D eigenvalue weighted by Gasteiger charge is -2.11. The summed E-state index contributed by atoms with van der Waals surface area (Å²) in [6, 6.07) is 9.82. The molecule has 1 unspecified atom stereocenters. The third-order valence-electron chi connectivity index (χ3n) is 3.67. The minimum Gasteiger partial charge on any atom is -0.297 e. The molecule has 1 fully saturated rings. The summed E-state index contributed by atoms with van der Waals surface area (Å²) in [7, 11) is 0. The Morgan fingerprint density at radius 2 is 1.95 bits per heavy atom. The number of benzene rings is 1. The van der Waals surface area contributed by atoms with Crippen molar-refractivity contribution < 1.29 is 4.79 Å². The first-order valence-corrected chi connectivity index (χ1v) is 6.84. The van der Waals surface area contributed by atoms with Crippen molar-refractivity contribution in [2.75, 3.05) is 0 Å². The van der Waals surface area contributed by atoms with E-state index in [1.54, 1.807) is 4.68 Å². The van der Waals surface area contributed by atoms with Gasteiger partial charge >= 0.3 is 0 Å². The predicted octanol–water partition coefficient (Wildman–Crippen LogP) is 3.02. The molecule has 0 spiro atoms. The lowest BCUT2D eigenvalue weighted by molar-refractivity contribution is -0.122. The SMILES string of the molecule is O=C1CCCCCC1n1cc(-c2ccccc2)nn1. The fourth-order valence-electron chi connectivity index (χ4n) is 2.59. The first kappa shape index (κ1) is 12.1. The minimum atomic E-state index is -0.118. The van der Waals surface area contributed by atoms with Gasteiger partial charge in [-0.2, -0.15) is 0 Å². The molecule has 19 heavy (non-hydrogen) atoms. The normalized spacial score (nSPS) is 20.2. The van der Waals surface area contributed by atoms with E-state index in [1.165, 1.54) is 0 Å². The zero-order valence-corrected chi connectivity index (χ0v) is 10.8. The highest BCUT2D eigenvalue weighted by Gasteiger charge is 2.23. The van der Waals surface area contributed by atoms with Crippen molar-refractivity contribution in [1.82, 2.24) is 15.0 Å². The first-order valence-electron chi connectivity index (χ1n) is 6.84. The van der Waals surface area contributed by atoms with Crippen LogP contribution < -0.4 is 0 Å². The van der Waals surface area contributed by atoms with Crippen LogP contribution in [0.3, 0.4) is 0 Å². The molecule has 0 N–H and O–H groups in total. The molecule has 0 aliphatic heterocycles. The van der Waals surface area contributed by atoms with Crippen molar-refractivity contribution in [3.05, 3.63) is 36.5 Å². The van der Waals surface area contributed by atoms with Crippen molar-refractivity contribution in [3.8, 4) is 11.3 Å². The van der Waals surface area contributed by atoms with Gasteiger partial charge in [0, 0.05) is 12.0 Å². The topological polar surface area (TPSA) is 47.8 Å². The molecule has 3 rings (SSSR count). The number of Topliss-reactive ketones (excluding diaryl/α,β-unsaturated/α-hetero) is 1. The van der Waals surface area contributed by atoms with E-state index in [-0.39, 0.29) is 6.04 Å². The zero-order valence-electron chi connectivity index (χ0n) is 10.8. The van der Waals surface area contributed by atoms with Gasteiger partial charge in [0.2, 0.25) is 0 Å². The minimum absolute atomic E-state index is 0.118. The van der Waals surface area contributed by atoms with Crippen molar-refractivity contribution >= 4 is 5.78 Å². The highest BCUT2D eigenvalue weighted by atomic mass is 16.1. The molecule has 1 saturated carbocycles. The summed E-state index contributed by atoms with van der Waals surface area (Å²) in [5.41, 5.74) is 1.87. The van der Waals surface area contributed by atoms with Gasteiger partial charge in [0.1, 0.15) is 11.7 Å². The number of nitrogens with zero attached hydrogens (tertiary/aromatic N) is 3. The molecule has 98 valence electrons. The Morgan fingerprint density at radius 1 is 1.11 bits per heavy atom. The van der Waals surface area contributed by atoms with Crippen LogP contribution in [0.25, 0.3) is 11.3 Å². The number of ketones is 1. The summed E-state index contributed by atoms with van der Waals surface area (Å²) in [6.07, 6.45) is 6.69. The van der Waals surface area contributed by atoms with Gasteiger partial charge in [-0.15, -0.1) is 5.10 Å². The molecule has 0 bridgehead atoms. The number of hydrogen-bond acceptors (Lipinski definition) is 3. The zero-order chi connectivity index (χ0) is 13.1. The highest BCUT2D eigenvalue weighted by molar-refractivity contribution is 5.82. The van der Waals surface area contributed by atoms with Crippen molar-refractivity contribution in [2.45, 2.75) is 38.1 Å². The van der Waals surface area contributed by atoms with Crippen LogP contribution in [0.4, 0.5) is 0 Å². The van der Waals surface area contributed by atoms with Gasteiger partial charge in [0.05, 0.1) is 6.20 Å². The standard InChI is InChI=1S/C15H17N3O/c19-15-10-6-2-5-9-14(15)18-11-13(16-17-18)12-7-3-1-4-8-12/h1,3-4,7-8,11,14H,2,5-6,9-10H2. The fourth-order valence-corrected chi connectivity index (χ4v) is 2.59. The van der Waals surface area contributed by atoms with E-state index in [2.05, 4.69) is 10.3 Å². The summed E-state index contributed by atoms with van der Waals surface area (Å²) >= 11 is 0. The molecule has 1 aliphatic carbocycles. The van der Waals surface area contributed by atoms with Gasteiger partial charge < -0.3 is 0 Å². The van der Waals surface area contributed by atoms with Crippen molar-refractivity contribution in [2.24, 2.45) is 0 Å². The maximum absolute atomic E-state index is 12.1. The molecule has 1 aromatic heterocycles. The first-order chi connectivity index (χ1) is 9.34. The average molecular weight is 255 g/mol. The number of carbonyl (C=O) groups excluding carboxylic acids is 1. The van der Waals surface area contributed by atoms with Gasteiger partial charge in [-0.05, 0) is 12.8 Å². The molecule has 1 heterocycles. The Bertz CT molecular complexity index is 562. The largest absolute Gasteiger partial charge is 0.297 e. The molecule has 0 radical (unpaired) electrons. The van der Waals surface area contributed by atoms with Crippen molar-refractivity contribution in [3.63, 3.8) is 0 Å². The summed E-state index contributed by atoms with van der Waals surface area (Å²) in [6.45, 7) is 0. The van der Waals surface area contributed by atoms with Crippen LogP contribution in [0.1, 0.15) is 38.1 Å². The summed E-state index contributed by atoms with van der Waals surface area (Å²) in [5, 5.41) is 8.34. The molecule has 4 nitrogen and oxygen atoms in total. The van der Waals surface area contributed by atoms with E-state index >= 15 is 0 Å². The number of rotatable bonds is 2. The van der Waals surface area contributed by atoms with Gasteiger partial charge in [0.25, 0.3) is 0 Å². The van der Waals surface area contributed by atoms with Crippen LogP contribution >= 0.6 is 0 Å². The molecular formula is C15H17N3O. The Labute approximate surface area is 112 Å². The predicted molar refractivity (Wildman–Crippen MR) is 72.6 cm³/mol. The second-order valence-corrected chi connectivity index (χ2v) is 5.03. The van der Waals surface area contributed by atoms with Gasteiger partial charge in [-0.25, -0.2) is 4.68 Å². The summed E-state index contributed by atoms with van der Waals surface area (Å²) < 4.78 is 1.75. The third kappa shape index (κ3) is 2.57. The molecule has 4 heteroatoms. The number of carbonyl (C=O) groups is 1. The molecule has 1 atom stereocenters. The van der Waals surface area contributed by atoms with E-state index in [0.717, 1.165) is 36.9 Å². The van der Waals surface area contributed by atoms with Crippen LogP contribution in [0.5, 0.6) is 0 Å². The molecule has 0 saturated heterocycles. The Hall–Kier alpha value is -1.97. The molecule has 0 amide bonds. The molecule has 1 aromatic carbocycles. The monoisotopic (exact) mass is 255 g/mol. The number of hydrogen-bond donors (Lipinski definition) is 0. The smallest absolute Gasteiger partial charge is 0.157 e. The van der Waals surface area contributed by atoms with Crippen molar-refractivity contribution in [1.29, 1.82) is 0 Å². The second-order valence-electron chi connectivity index (χ2n) is 5.03. The Morgan fingerprint density at radius 3 is 2.79 bits per heavy atom. The van der Waals surface area contributed by atoms with Crippen LogP contribution in [-0.2, 0) is 4.79 Å². The lowest BCUT2D eigenvalue weighted by atomic mass is 10.1. The Balaban J connectivity index is 1.86. The van der Waals surface area contributed by atoms with E-state index < -0.39 is 0 Å². The fraction of sp³-hybridized carbons (Fsp3) is 0.400. The quantitative estimate of drug-likeness (QED) is 0.775. The van der Waals surface area contributed by atoms with E-state index in [4.69, 9.17) is 0 Å². The second kappa shape index (κ2) is 5.34. The van der Waals surface area contributed by atoms with Crippen LogP contribution in [0.15, 0.2) is 36.5 Å². The molecule has 1 aliphatic rings. The van der Waals surface area contributed by atoms with E-state index in [0.29, 0.717) is 12.2 Å². The molecular weight excluding hydrogens is 238 g/mol. The van der Waals surface area contributed by atoms with Gasteiger partial charge in [-0.3, -0.25) is 4.79 Å². The third-order valence-corrected chi connectivity index (χ3v) is 3.67. The average Bonchev–Trinajstić information content (AvgIpc) is 2.83. The van der Waals surface area contributed by atoms with Crippen LogP contribution in [0.2, 0.25) is 0 Å². The maximum atomic E-state index is 12.1. The van der Waals surface area contributed by atoms with E-state index in [1.807, 2.05) is 36.5 Å². The van der Waals surface area contributed by atoms with Crippen LogP contribution in [0, 0.1) is 0 Å². The lowest BCUT2D eigenvalue weighted by Crippen LogP contribution is -2.18. The van der Waals surface area contributed by atoms with Gasteiger partial charge in [0.15, 0.2) is 5.78 Å². The van der Waals surface area contributed by atoms with Gasteiger partial charge in [-0.1, -0.05) is 48.4 Å². The Kier molecular flexibility index (Phi) is 3.40. The molecule has 2 aromatic rings. The summed E-state index contributed by atoms with van der Waals surface area (Å²) in [5.74, 6) is 0.294. The summed E-state index contributed by atoms with van der Waals surface area (Å²) in [4.78, 5) is 12.1. The van der Waals surface area contributed by atoms with E-state index in [9.17, 15) is 4.79 Å². The number of aromatic nitrogens is 3. The maximum Gasteiger partial charge on any atom is 0.157 e. The highest BCUT2D eigenvalue weighted by Crippen LogP contribution is 2.25.